The average molecular weight is 470 g/mol. The molecule has 184 valence electrons. The molecule has 0 radical (unpaired) electrons. The fourth-order valence-electron chi connectivity index (χ4n) is 4.45. The molecule has 9 heteroatoms. The highest BCUT2D eigenvalue weighted by molar-refractivity contribution is 5.90. The normalized spacial score (nSPS) is 16.9. The van der Waals surface area contributed by atoms with Gasteiger partial charge in [0.15, 0.2) is 11.5 Å². The number of nitrogens with zero attached hydrogens (tertiary/aromatic N) is 4. The molecule has 2 aliphatic heterocycles. The van der Waals surface area contributed by atoms with Crippen molar-refractivity contribution in [1.82, 2.24) is 9.80 Å². The molecular weight excluding hydrogens is 434 g/mol. The van der Waals surface area contributed by atoms with E-state index in [4.69, 9.17) is 14.2 Å². The molecule has 4 rings (SSSR count). The summed E-state index contributed by atoms with van der Waals surface area (Å²) >= 11 is 0. The van der Waals surface area contributed by atoms with Gasteiger partial charge >= 0.3 is 6.03 Å². The van der Waals surface area contributed by atoms with Crippen LogP contribution < -0.4 is 29.3 Å². The van der Waals surface area contributed by atoms with E-state index in [9.17, 15) is 4.79 Å². The number of ether oxygens (including phenoxy) is 3. The van der Waals surface area contributed by atoms with E-state index >= 15 is 0 Å². The van der Waals surface area contributed by atoms with Gasteiger partial charge in [0.25, 0.3) is 0 Å². The van der Waals surface area contributed by atoms with Gasteiger partial charge in [0.1, 0.15) is 5.75 Å². The maximum atomic E-state index is 13.0. The Bertz CT molecular complexity index is 985. The Morgan fingerprint density at radius 2 is 1.35 bits per heavy atom. The lowest BCUT2D eigenvalue weighted by molar-refractivity contribution is 0.208. The Morgan fingerprint density at radius 3 is 2.00 bits per heavy atom. The number of urea groups is 1. The van der Waals surface area contributed by atoms with Crippen molar-refractivity contribution in [2.45, 2.75) is 0 Å². The molecule has 0 unspecified atom stereocenters. The van der Waals surface area contributed by atoms with Crippen molar-refractivity contribution in [3.05, 3.63) is 36.4 Å². The maximum Gasteiger partial charge on any atom is 0.321 e. The van der Waals surface area contributed by atoms with E-state index in [1.807, 2.05) is 41.3 Å². The number of hydrogen-bond donors (Lipinski definition) is 1. The van der Waals surface area contributed by atoms with Gasteiger partial charge in [-0.1, -0.05) is 0 Å². The van der Waals surface area contributed by atoms with E-state index in [1.165, 1.54) is 0 Å². The summed E-state index contributed by atoms with van der Waals surface area (Å²) in [5, 5.41) is 3.08. The largest absolute Gasteiger partial charge is 0.495 e. The minimum atomic E-state index is -0.0820. The number of benzene rings is 2. The Hall–Kier alpha value is -3.33. The fourth-order valence-corrected chi connectivity index (χ4v) is 4.45. The third-order valence-electron chi connectivity index (χ3n) is 6.57. The number of methoxy groups -OCH3 is 3. The molecule has 0 aromatic heterocycles. The second-order valence-electron chi connectivity index (χ2n) is 8.62. The molecule has 0 spiro atoms. The predicted octanol–water partition coefficient (Wildman–Crippen LogP) is 2.82. The zero-order valence-corrected chi connectivity index (χ0v) is 20.5. The Morgan fingerprint density at radius 1 is 0.735 bits per heavy atom. The molecule has 2 amide bonds. The summed E-state index contributed by atoms with van der Waals surface area (Å²) in [4.78, 5) is 21.7. The van der Waals surface area contributed by atoms with E-state index < -0.39 is 0 Å². The van der Waals surface area contributed by atoms with Crippen LogP contribution in [0.3, 0.4) is 0 Å². The van der Waals surface area contributed by atoms with Crippen LogP contribution in [0.15, 0.2) is 36.4 Å². The van der Waals surface area contributed by atoms with Crippen molar-refractivity contribution in [1.29, 1.82) is 0 Å². The van der Waals surface area contributed by atoms with Crippen LogP contribution >= 0.6 is 0 Å². The number of piperazine rings is 2. The highest BCUT2D eigenvalue weighted by Gasteiger charge is 2.23. The van der Waals surface area contributed by atoms with Gasteiger partial charge in [0.2, 0.25) is 0 Å². The van der Waals surface area contributed by atoms with Crippen molar-refractivity contribution < 1.29 is 19.0 Å². The van der Waals surface area contributed by atoms with E-state index in [2.05, 4.69) is 27.1 Å². The number of rotatable bonds is 6. The molecule has 0 bridgehead atoms. The first kappa shape index (κ1) is 23.8. The van der Waals surface area contributed by atoms with Crippen LogP contribution in [-0.2, 0) is 0 Å². The van der Waals surface area contributed by atoms with E-state index in [1.54, 1.807) is 21.3 Å². The third-order valence-corrected chi connectivity index (χ3v) is 6.57. The average Bonchev–Trinajstić information content (AvgIpc) is 2.88. The molecule has 34 heavy (non-hydrogen) atoms. The summed E-state index contributed by atoms with van der Waals surface area (Å²) in [6, 6.07) is 11.7. The number of nitrogens with one attached hydrogen (secondary N) is 1. The number of amides is 2. The standard InChI is InChI=1S/C25H35N5O4/c1-27-9-11-29(12-10-27)21-17-19(5-7-22(21)32-2)26-25(31)30-15-13-28(14-16-30)20-6-8-23(33-3)24(18-20)34-4/h5-8,17-18H,9-16H2,1-4H3,(H,26,31). The van der Waals surface area contributed by atoms with Crippen LogP contribution in [0.1, 0.15) is 0 Å². The first-order chi connectivity index (χ1) is 16.5. The molecule has 0 saturated carbocycles. The first-order valence-electron chi connectivity index (χ1n) is 11.7. The molecule has 2 aromatic carbocycles. The summed E-state index contributed by atoms with van der Waals surface area (Å²) in [5.41, 5.74) is 2.86. The summed E-state index contributed by atoms with van der Waals surface area (Å²) < 4.78 is 16.3. The Kier molecular flexibility index (Phi) is 7.52. The molecule has 2 aliphatic rings. The van der Waals surface area contributed by atoms with E-state index in [0.717, 1.165) is 62.1 Å². The number of hydrogen-bond acceptors (Lipinski definition) is 7. The zero-order valence-electron chi connectivity index (χ0n) is 20.5. The van der Waals surface area contributed by atoms with Crippen LogP contribution in [0.4, 0.5) is 21.9 Å². The van der Waals surface area contributed by atoms with Crippen molar-refractivity contribution in [3.8, 4) is 17.2 Å². The van der Waals surface area contributed by atoms with Crippen LogP contribution in [0.2, 0.25) is 0 Å². The monoisotopic (exact) mass is 469 g/mol. The highest BCUT2D eigenvalue weighted by Crippen LogP contribution is 2.33. The van der Waals surface area contributed by atoms with Gasteiger partial charge in [0, 0.05) is 69.8 Å². The second kappa shape index (κ2) is 10.7. The molecule has 9 nitrogen and oxygen atoms in total. The summed E-state index contributed by atoms with van der Waals surface area (Å²) in [6.07, 6.45) is 0. The Labute approximate surface area is 201 Å². The first-order valence-corrected chi connectivity index (χ1v) is 11.7. The fraction of sp³-hybridized carbons (Fsp3) is 0.480. The lowest BCUT2D eigenvalue weighted by Crippen LogP contribution is -2.50. The van der Waals surface area contributed by atoms with Gasteiger partial charge in [-0.2, -0.15) is 0 Å². The van der Waals surface area contributed by atoms with Crippen molar-refractivity contribution in [3.63, 3.8) is 0 Å². The van der Waals surface area contributed by atoms with Gasteiger partial charge in [-0.25, -0.2) is 4.79 Å². The minimum Gasteiger partial charge on any atom is -0.495 e. The topological polar surface area (TPSA) is 69.8 Å². The Balaban J connectivity index is 1.37. The summed E-state index contributed by atoms with van der Waals surface area (Å²) in [7, 11) is 7.09. The van der Waals surface area contributed by atoms with Crippen LogP contribution in [0.5, 0.6) is 17.2 Å². The van der Waals surface area contributed by atoms with Crippen LogP contribution in [0, 0.1) is 0 Å². The van der Waals surface area contributed by atoms with Gasteiger partial charge < -0.3 is 39.1 Å². The molecule has 0 atom stereocenters. The maximum absolute atomic E-state index is 13.0. The summed E-state index contributed by atoms with van der Waals surface area (Å²) in [5.74, 6) is 2.24. The van der Waals surface area contributed by atoms with E-state index in [-0.39, 0.29) is 6.03 Å². The lowest BCUT2D eigenvalue weighted by Gasteiger charge is -2.36. The molecule has 2 aromatic rings. The number of carbonyl (C=O) groups is 1. The molecule has 0 aliphatic carbocycles. The molecule has 1 N–H and O–H groups in total. The van der Waals surface area contributed by atoms with Crippen molar-refractivity contribution in [2.75, 3.05) is 95.9 Å². The predicted molar refractivity (Wildman–Crippen MR) is 135 cm³/mol. The van der Waals surface area contributed by atoms with E-state index in [0.29, 0.717) is 24.6 Å². The van der Waals surface area contributed by atoms with Gasteiger partial charge in [-0.15, -0.1) is 0 Å². The van der Waals surface area contributed by atoms with Crippen LogP contribution in [-0.4, -0.2) is 96.6 Å². The van der Waals surface area contributed by atoms with Gasteiger partial charge in [0.05, 0.1) is 27.0 Å². The SMILES string of the molecule is COc1ccc(N2CCN(C(=O)Nc3ccc(OC)c(N4CCN(C)CC4)c3)CC2)cc1OC. The number of likely N-dealkylation sites (N-methyl/N-ethyl adjacent to an activating group) is 1. The zero-order chi connectivity index (χ0) is 24.1. The smallest absolute Gasteiger partial charge is 0.321 e. The van der Waals surface area contributed by atoms with Gasteiger partial charge in [-0.3, -0.25) is 0 Å². The number of anilines is 3. The minimum absolute atomic E-state index is 0.0820. The number of carbonyl (C=O) groups excluding carboxylic acids is 1. The lowest BCUT2D eigenvalue weighted by atomic mass is 10.2. The van der Waals surface area contributed by atoms with Crippen molar-refractivity contribution in [2.24, 2.45) is 0 Å². The van der Waals surface area contributed by atoms with Crippen LogP contribution in [0.25, 0.3) is 0 Å². The molecular formula is C25H35N5O4. The third kappa shape index (κ3) is 5.25. The highest BCUT2D eigenvalue weighted by atomic mass is 16.5. The molecule has 2 fully saturated rings. The summed E-state index contributed by atoms with van der Waals surface area (Å²) in [6.45, 7) is 6.65. The molecule has 2 heterocycles. The second-order valence-corrected chi connectivity index (χ2v) is 8.62. The van der Waals surface area contributed by atoms with Gasteiger partial charge in [-0.05, 0) is 37.4 Å². The molecule has 2 saturated heterocycles. The van der Waals surface area contributed by atoms with Crippen molar-refractivity contribution >= 4 is 23.1 Å². The quantitative estimate of drug-likeness (QED) is 0.698.